The van der Waals surface area contributed by atoms with Crippen molar-refractivity contribution in [3.8, 4) is 0 Å². The zero-order valence-electron chi connectivity index (χ0n) is 22.0. The van der Waals surface area contributed by atoms with E-state index in [0.717, 1.165) is 24.9 Å². The van der Waals surface area contributed by atoms with Crippen LogP contribution in [0, 0.1) is 0 Å². The summed E-state index contributed by atoms with van der Waals surface area (Å²) in [5, 5.41) is 28.2. The molecular weight excluding hydrogens is 474 g/mol. The van der Waals surface area contributed by atoms with Crippen molar-refractivity contribution in [2.75, 3.05) is 65.9 Å². The molecule has 0 aliphatic carbocycles. The van der Waals surface area contributed by atoms with Crippen molar-refractivity contribution >= 4 is 22.6 Å². The van der Waals surface area contributed by atoms with E-state index >= 15 is 0 Å². The van der Waals surface area contributed by atoms with Crippen LogP contribution in [0.25, 0.3) is 0 Å². The Kier molecular flexibility index (Phi) is 18.3. The highest BCUT2D eigenvalue weighted by Gasteiger charge is 2.32. The van der Waals surface area contributed by atoms with Crippen molar-refractivity contribution in [3.05, 3.63) is 12.2 Å². The van der Waals surface area contributed by atoms with E-state index in [1.54, 1.807) is 6.92 Å². The summed E-state index contributed by atoms with van der Waals surface area (Å²) in [6.07, 6.45) is 1.16. The lowest BCUT2D eigenvalue weighted by Crippen LogP contribution is -2.44. The van der Waals surface area contributed by atoms with Gasteiger partial charge >= 0.3 is 5.97 Å². The van der Waals surface area contributed by atoms with Crippen LogP contribution in [-0.4, -0.2) is 115 Å². The summed E-state index contributed by atoms with van der Waals surface area (Å²) >= 11 is 0. The first-order chi connectivity index (χ1) is 15.9. The molecule has 9 nitrogen and oxygen atoms in total. The Labute approximate surface area is 208 Å². The van der Waals surface area contributed by atoms with Crippen molar-refractivity contribution < 1.29 is 38.4 Å². The number of rotatable bonds is 22. The molecule has 0 aromatic carbocycles. The SMILES string of the molecule is C=C(C)C(=O)OCCOCCC[Si](C)(C)O[Si](C)(C)CCCOCC(O)CN(CCO)CCO. The molecule has 0 radical (unpaired) electrons. The molecule has 0 rings (SSSR count). The fourth-order valence-electron chi connectivity index (χ4n) is 3.62. The molecule has 11 heteroatoms. The summed E-state index contributed by atoms with van der Waals surface area (Å²) in [4.78, 5) is 13.1. The van der Waals surface area contributed by atoms with Crippen molar-refractivity contribution in [1.82, 2.24) is 4.90 Å². The Morgan fingerprint density at radius 3 is 1.94 bits per heavy atom. The molecule has 0 amide bonds. The van der Waals surface area contributed by atoms with E-state index in [-0.39, 0.29) is 32.4 Å². The van der Waals surface area contributed by atoms with Gasteiger partial charge in [0.15, 0.2) is 16.6 Å². The Morgan fingerprint density at radius 1 is 0.912 bits per heavy atom. The van der Waals surface area contributed by atoms with Crippen LogP contribution in [0.4, 0.5) is 0 Å². The van der Waals surface area contributed by atoms with Gasteiger partial charge in [-0.1, -0.05) is 6.58 Å². The van der Waals surface area contributed by atoms with E-state index in [0.29, 0.717) is 45.0 Å². The maximum atomic E-state index is 11.3. The molecular formula is C23H49NO8Si2. The standard InChI is InChI=1S/C23H49NO8Si2/c1-21(2)23(28)31-16-15-29-13-7-17-33(3,4)32-34(5,6)18-8-14-30-20-22(27)19-24(9-11-25)10-12-26/h22,25-27H,1,7-20H2,2-6H3. The largest absolute Gasteiger partial charge is 0.460 e. The summed E-state index contributed by atoms with van der Waals surface area (Å²) in [5.41, 5.74) is 0.389. The highest BCUT2D eigenvalue weighted by atomic mass is 28.4. The van der Waals surface area contributed by atoms with Crippen LogP contribution in [0.5, 0.6) is 0 Å². The fourth-order valence-corrected chi connectivity index (χ4v) is 12.4. The minimum absolute atomic E-state index is 0.00700. The smallest absolute Gasteiger partial charge is 0.333 e. The summed E-state index contributed by atoms with van der Waals surface area (Å²) in [5.74, 6) is -0.387. The molecule has 0 fully saturated rings. The molecule has 0 aromatic heterocycles. The van der Waals surface area contributed by atoms with Crippen LogP contribution in [0.1, 0.15) is 19.8 Å². The highest BCUT2D eigenvalue weighted by Crippen LogP contribution is 2.23. The topological polar surface area (TPSA) is 118 Å². The van der Waals surface area contributed by atoms with Crippen LogP contribution in [0.2, 0.25) is 38.3 Å². The van der Waals surface area contributed by atoms with Crippen LogP contribution in [0.15, 0.2) is 12.2 Å². The van der Waals surface area contributed by atoms with Crippen molar-refractivity contribution in [2.24, 2.45) is 0 Å². The number of hydrogen-bond acceptors (Lipinski definition) is 9. The van der Waals surface area contributed by atoms with Gasteiger partial charge in [-0.3, -0.25) is 4.90 Å². The van der Waals surface area contributed by atoms with E-state index in [2.05, 4.69) is 32.8 Å². The molecule has 3 N–H and O–H groups in total. The number of ether oxygens (including phenoxy) is 3. The lowest BCUT2D eigenvalue weighted by atomic mass is 10.3. The lowest BCUT2D eigenvalue weighted by Gasteiger charge is -2.34. The van der Waals surface area contributed by atoms with Gasteiger partial charge < -0.3 is 33.6 Å². The van der Waals surface area contributed by atoms with Gasteiger partial charge in [0.25, 0.3) is 0 Å². The quantitative estimate of drug-likeness (QED) is 0.0847. The first kappa shape index (κ1) is 33.4. The molecule has 0 saturated carbocycles. The first-order valence-electron chi connectivity index (χ1n) is 12.2. The zero-order valence-corrected chi connectivity index (χ0v) is 24.0. The maximum absolute atomic E-state index is 11.3. The number of carbonyl (C=O) groups is 1. The minimum Gasteiger partial charge on any atom is -0.460 e. The van der Waals surface area contributed by atoms with E-state index < -0.39 is 22.7 Å². The third kappa shape index (κ3) is 18.7. The maximum Gasteiger partial charge on any atom is 0.333 e. The number of aliphatic hydroxyl groups excluding tert-OH is 3. The van der Waals surface area contributed by atoms with Gasteiger partial charge in [0.1, 0.15) is 6.61 Å². The molecule has 34 heavy (non-hydrogen) atoms. The highest BCUT2D eigenvalue weighted by molar-refractivity contribution is 6.84. The number of aliphatic hydroxyl groups is 3. The van der Waals surface area contributed by atoms with Crippen molar-refractivity contribution in [3.63, 3.8) is 0 Å². The number of esters is 1. The molecule has 0 saturated heterocycles. The predicted octanol–water partition coefficient (Wildman–Crippen LogP) is 1.99. The van der Waals surface area contributed by atoms with Crippen LogP contribution >= 0.6 is 0 Å². The zero-order chi connectivity index (χ0) is 26.0. The Balaban J connectivity index is 4.00. The van der Waals surface area contributed by atoms with Gasteiger partial charge in [-0.05, 0) is 58.0 Å². The third-order valence-corrected chi connectivity index (χ3v) is 12.6. The molecule has 0 spiro atoms. The van der Waals surface area contributed by atoms with Gasteiger partial charge in [0, 0.05) is 38.4 Å². The molecule has 1 unspecified atom stereocenters. The van der Waals surface area contributed by atoms with Gasteiger partial charge in [-0.2, -0.15) is 0 Å². The summed E-state index contributed by atoms with van der Waals surface area (Å²) < 4.78 is 22.8. The van der Waals surface area contributed by atoms with Crippen molar-refractivity contribution in [2.45, 2.75) is 64.1 Å². The fraction of sp³-hybridized carbons (Fsp3) is 0.870. The van der Waals surface area contributed by atoms with Gasteiger partial charge in [-0.15, -0.1) is 0 Å². The molecule has 0 bridgehead atoms. The first-order valence-corrected chi connectivity index (χ1v) is 18.5. The molecule has 0 aliphatic rings. The summed E-state index contributed by atoms with van der Waals surface area (Å²) in [7, 11) is -3.62. The Hall–Kier alpha value is -0.636. The number of nitrogens with zero attached hydrogens (tertiary/aromatic N) is 1. The second-order valence-corrected chi connectivity index (χ2v) is 18.7. The Morgan fingerprint density at radius 2 is 1.44 bits per heavy atom. The molecule has 0 heterocycles. The summed E-state index contributed by atoms with van der Waals surface area (Å²) in [6, 6.07) is 2.00. The van der Waals surface area contributed by atoms with Crippen LogP contribution in [0.3, 0.4) is 0 Å². The number of hydrogen-bond donors (Lipinski definition) is 3. The average molecular weight is 524 g/mol. The molecule has 202 valence electrons. The van der Waals surface area contributed by atoms with E-state index in [4.69, 9.17) is 28.5 Å². The van der Waals surface area contributed by atoms with Crippen LogP contribution in [-0.2, 0) is 23.1 Å². The van der Waals surface area contributed by atoms with E-state index in [1.807, 2.05) is 4.90 Å². The predicted molar refractivity (Wildman–Crippen MR) is 139 cm³/mol. The number of carbonyl (C=O) groups excluding carboxylic acids is 1. The monoisotopic (exact) mass is 523 g/mol. The van der Waals surface area contributed by atoms with Crippen LogP contribution < -0.4 is 0 Å². The van der Waals surface area contributed by atoms with Crippen molar-refractivity contribution in [1.29, 1.82) is 0 Å². The molecule has 0 aromatic rings. The molecule has 1 atom stereocenters. The normalized spacial score (nSPS) is 13.3. The van der Waals surface area contributed by atoms with Gasteiger partial charge in [-0.25, -0.2) is 4.79 Å². The summed E-state index contributed by atoms with van der Waals surface area (Å²) in [6.45, 7) is 17.4. The molecule has 0 aliphatic heterocycles. The van der Waals surface area contributed by atoms with E-state index in [9.17, 15) is 9.90 Å². The average Bonchev–Trinajstić information content (AvgIpc) is 2.71. The minimum atomic E-state index is -1.82. The Bertz CT molecular complexity index is 557. The third-order valence-electron chi connectivity index (χ3n) is 5.11. The second-order valence-electron chi connectivity index (χ2n) is 9.83. The van der Waals surface area contributed by atoms with E-state index in [1.165, 1.54) is 0 Å². The lowest BCUT2D eigenvalue weighted by molar-refractivity contribution is -0.140. The second kappa shape index (κ2) is 18.6. The van der Waals surface area contributed by atoms with Gasteiger partial charge in [0.05, 0.1) is 32.5 Å². The van der Waals surface area contributed by atoms with Gasteiger partial charge in [0.2, 0.25) is 0 Å².